The highest BCUT2D eigenvalue weighted by Crippen LogP contribution is 2.34. The molecule has 0 aromatic heterocycles. The van der Waals surface area contributed by atoms with E-state index in [4.69, 9.17) is 9.84 Å². The van der Waals surface area contributed by atoms with Crippen LogP contribution >= 0.6 is 0 Å². The molecule has 0 aliphatic carbocycles. The molecule has 0 spiro atoms. The van der Waals surface area contributed by atoms with Gasteiger partial charge in [0.05, 0.1) is 18.8 Å². The molecule has 6 atom stereocenters. The van der Waals surface area contributed by atoms with Crippen LogP contribution in [0, 0.1) is 0 Å². The van der Waals surface area contributed by atoms with Crippen LogP contribution in [0.1, 0.15) is 6.42 Å². The minimum absolute atomic E-state index is 0.290. The van der Waals surface area contributed by atoms with Crippen molar-refractivity contribution in [3.63, 3.8) is 0 Å². The number of amides is 1. The Morgan fingerprint density at radius 3 is 2.71 bits per heavy atom. The van der Waals surface area contributed by atoms with Gasteiger partial charge in [0.15, 0.2) is 0 Å². The van der Waals surface area contributed by atoms with Crippen LogP contribution in [0.25, 0.3) is 0 Å². The van der Waals surface area contributed by atoms with E-state index in [1.54, 1.807) is 0 Å². The van der Waals surface area contributed by atoms with Crippen molar-refractivity contribution in [3.8, 4) is 0 Å². The zero-order chi connectivity index (χ0) is 12.8. The topological polar surface area (TPSA) is 139 Å². The molecule has 1 unspecified atom stereocenters. The molecule has 17 heavy (non-hydrogen) atoms. The Morgan fingerprint density at radius 2 is 2.18 bits per heavy atom. The second kappa shape index (κ2) is 4.16. The number of aliphatic hydroxyl groups is 5. The standard InChI is InChI=1S/C9H15NO7/c11-2-4(13)6(14)7-5-3(12)1-9(16,17-7)8(15)10-5/h3-7,11-14,16H,1-2H2,(H,10,15)/t3-,4+,5+,6+,7+,9?/m0/s1. The van der Waals surface area contributed by atoms with Gasteiger partial charge in [0.1, 0.15) is 18.3 Å². The van der Waals surface area contributed by atoms with Crippen LogP contribution in [0.3, 0.4) is 0 Å². The first-order valence-electron chi connectivity index (χ1n) is 5.25. The highest BCUT2D eigenvalue weighted by atomic mass is 16.7. The van der Waals surface area contributed by atoms with Gasteiger partial charge >= 0.3 is 0 Å². The lowest BCUT2D eigenvalue weighted by Crippen LogP contribution is -2.75. The van der Waals surface area contributed by atoms with Crippen molar-refractivity contribution in [1.82, 2.24) is 5.32 Å². The molecule has 2 bridgehead atoms. The molecule has 0 aromatic rings. The molecule has 3 aliphatic heterocycles. The number of carbonyl (C=O) groups excluding carboxylic acids is 1. The van der Waals surface area contributed by atoms with E-state index in [0.29, 0.717) is 0 Å². The third kappa shape index (κ3) is 1.92. The van der Waals surface area contributed by atoms with E-state index >= 15 is 0 Å². The highest BCUT2D eigenvalue weighted by molar-refractivity contribution is 5.85. The number of carbonyl (C=O) groups is 1. The molecule has 8 heteroatoms. The maximum absolute atomic E-state index is 11.3. The third-order valence-electron chi connectivity index (χ3n) is 3.16. The predicted molar refractivity (Wildman–Crippen MR) is 51.5 cm³/mol. The van der Waals surface area contributed by atoms with E-state index in [2.05, 4.69) is 5.32 Å². The zero-order valence-corrected chi connectivity index (χ0v) is 8.85. The number of morpholine rings is 1. The SMILES string of the molecule is O=C1N[C@H]2[C@H]([C@H](O)[C@H](O)CO)OC1(O)C[C@@H]2O. The molecular formula is C9H15NO7. The summed E-state index contributed by atoms with van der Waals surface area (Å²) in [5.41, 5.74) is 0. The van der Waals surface area contributed by atoms with Crippen molar-refractivity contribution < 1.29 is 35.1 Å². The maximum atomic E-state index is 11.3. The molecule has 3 saturated heterocycles. The molecule has 0 radical (unpaired) electrons. The molecule has 3 fully saturated rings. The summed E-state index contributed by atoms with van der Waals surface area (Å²) in [7, 11) is 0. The summed E-state index contributed by atoms with van der Waals surface area (Å²) in [6, 6.07) is -0.923. The summed E-state index contributed by atoms with van der Waals surface area (Å²) in [6.07, 6.45) is -5.55. The molecule has 6 N–H and O–H groups in total. The maximum Gasteiger partial charge on any atom is 0.280 e. The summed E-state index contributed by atoms with van der Waals surface area (Å²) >= 11 is 0. The summed E-state index contributed by atoms with van der Waals surface area (Å²) in [5.74, 6) is -2.98. The highest BCUT2D eigenvalue weighted by Gasteiger charge is 2.58. The first-order chi connectivity index (χ1) is 7.89. The normalized spacial score (nSPS) is 44.3. The molecule has 98 valence electrons. The summed E-state index contributed by atoms with van der Waals surface area (Å²) in [4.78, 5) is 11.3. The number of rotatable bonds is 3. The molecular weight excluding hydrogens is 234 g/mol. The molecule has 3 rings (SSSR count). The smallest absolute Gasteiger partial charge is 0.280 e. The van der Waals surface area contributed by atoms with Gasteiger partial charge in [-0.15, -0.1) is 0 Å². The van der Waals surface area contributed by atoms with Crippen LogP contribution in [0.4, 0.5) is 0 Å². The second-order valence-electron chi connectivity index (χ2n) is 4.38. The lowest BCUT2D eigenvalue weighted by Gasteiger charge is -2.50. The predicted octanol–water partition coefficient (Wildman–Crippen LogP) is -3.96. The van der Waals surface area contributed by atoms with Gasteiger partial charge in [0, 0.05) is 6.42 Å². The van der Waals surface area contributed by atoms with Gasteiger partial charge in [0.25, 0.3) is 5.91 Å². The van der Waals surface area contributed by atoms with Gasteiger partial charge in [-0.2, -0.15) is 0 Å². The molecule has 8 nitrogen and oxygen atoms in total. The van der Waals surface area contributed by atoms with E-state index in [0.717, 1.165) is 0 Å². The Balaban J connectivity index is 2.19. The van der Waals surface area contributed by atoms with Crippen LogP contribution < -0.4 is 5.32 Å². The lowest BCUT2D eigenvalue weighted by molar-refractivity contribution is -0.305. The minimum Gasteiger partial charge on any atom is -0.394 e. The number of aliphatic hydroxyl groups excluding tert-OH is 4. The number of hydrogen-bond donors (Lipinski definition) is 6. The second-order valence-corrected chi connectivity index (χ2v) is 4.38. The van der Waals surface area contributed by atoms with Crippen molar-refractivity contribution >= 4 is 5.91 Å². The number of hydrogen-bond acceptors (Lipinski definition) is 7. The Bertz CT molecular complexity index is 324. The van der Waals surface area contributed by atoms with Gasteiger partial charge in [-0.3, -0.25) is 4.79 Å². The number of piperidine rings is 1. The number of fused-ring (bicyclic) bond motifs is 3. The van der Waals surface area contributed by atoms with E-state index < -0.39 is 48.8 Å². The van der Waals surface area contributed by atoms with Crippen LogP contribution in [-0.4, -0.2) is 74.3 Å². The average molecular weight is 249 g/mol. The fourth-order valence-electron chi connectivity index (χ4n) is 2.17. The number of ether oxygens (including phenoxy) is 1. The average Bonchev–Trinajstić information content (AvgIpc) is 2.28. The first-order valence-corrected chi connectivity index (χ1v) is 5.25. The van der Waals surface area contributed by atoms with Crippen LogP contribution in [0.5, 0.6) is 0 Å². The quantitative estimate of drug-likeness (QED) is 0.300. The van der Waals surface area contributed by atoms with Crippen LogP contribution in [0.2, 0.25) is 0 Å². The van der Waals surface area contributed by atoms with Gasteiger partial charge in [0.2, 0.25) is 5.79 Å². The monoisotopic (exact) mass is 249 g/mol. The molecule has 0 aromatic carbocycles. The first kappa shape index (κ1) is 12.7. The van der Waals surface area contributed by atoms with Crippen molar-refractivity contribution in [3.05, 3.63) is 0 Å². The molecule has 3 aliphatic rings. The Kier molecular flexibility index (Phi) is 3.10. The fraction of sp³-hybridized carbons (Fsp3) is 0.889. The summed E-state index contributed by atoms with van der Waals surface area (Å²) in [6.45, 7) is -0.698. The zero-order valence-electron chi connectivity index (χ0n) is 8.85. The van der Waals surface area contributed by atoms with Crippen molar-refractivity contribution in [2.75, 3.05) is 6.61 Å². The largest absolute Gasteiger partial charge is 0.394 e. The number of nitrogens with one attached hydrogen (secondary N) is 1. The van der Waals surface area contributed by atoms with E-state index in [1.807, 2.05) is 0 Å². The summed E-state index contributed by atoms with van der Waals surface area (Å²) < 4.78 is 5.00. The fourth-order valence-corrected chi connectivity index (χ4v) is 2.17. The minimum atomic E-state index is -2.20. The van der Waals surface area contributed by atoms with Crippen LogP contribution in [-0.2, 0) is 9.53 Å². The van der Waals surface area contributed by atoms with Gasteiger partial charge in [-0.25, -0.2) is 0 Å². The van der Waals surface area contributed by atoms with Crippen LogP contribution in [0.15, 0.2) is 0 Å². The summed E-state index contributed by atoms with van der Waals surface area (Å²) in [5, 5.41) is 49.4. The molecule has 3 heterocycles. The van der Waals surface area contributed by atoms with E-state index in [1.165, 1.54) is 0 Å². The van der Waals surface area contributed by atoms with Crippen molar-refractivity contribution in [2.24, 2.45) is 0 Å². The Labute approximate surface area is 96.4 Å². The van der Waals surface area contributed by atoms with Gasteiger partial charge in [-0.1, -0.05) is 0 Å². The Hall–Kier alpha value is -0.770. The molecule has 1 amide bonds. The van der Waals surface area contributed by atoms with E-state index in [-0.39, 0.29) is 6.42 Å². The van der Waals surface area contributed by atoms with Crippen molar-refractivity contribution in [2.45, 2.75) is 42.7 Å². The Morgan fingerprint density at radius 1 is 1.53 bits per heavy atom. The lowest BCUT2D eigenvalue weighted by atomic mass is 9.84. The van der Waals surface area contributed by atoms with Gasteiger partial charge < -0.3 is 35.6 Å². The van der Waals surface area contributed by atoms with E-state index in [9.17, 15) is 25.2 Å². The van der Waals surface area contributed by atoms with Crippen molar-refractivity contribution in [1.29, 1.82) is 0 Å². The molecule has 0 saturated carbocycles. The van der Waals surface area contributed by atoms with Gasteiger partial charge in [-0.05, 0) is 0 Å². The third-order valence-corrected chi connectivity index (χ3v) is 3.16.